The van der Waals surface area contributed by atoms with Crippen LogP contribution < -0.4 is 4.90 Å². The molecule has 2 aliphatic heterocycles. The molecule has 1 aromatic heterocycles. The van der Waals surface area contributed by atoms with E-state index >= 15 is 0 Å². The molecule has 0 saturated carbocycles. The van der Waals surface area contributed by atoms with Crippen molar-refractivity contribution in [2.75, 3.05) is 24.6 Å². The van der Waals surface area contributed by atoms with Crippen LogP contribution in [-0.4, -0.2) is 44.3 Å². The van der Waals surface area contributed by atoms with Crippen molar-refractivity contribution in [3.8, 4) is 0 Å². The van der Waals surface area contributed by atoms with E-state index in [0.29, 0.717) is 18.0 Å². The second kappa shape index (κ2) is 10.1. The minimum absolute atomic E-state index is 0.0868. The third kappa shape index (κ3) is 5.02. The SMILES string of the molecule is O=C(Cc1ccc(S(=O)(=O)N2CCCCC2)s1)OCC(=O)N1c2ccccc2Sc2ccccc21. The fraction of sp³-hybridized carbons (Fsp3) is 0.280. The van der Waals surface area contributed by atoms with E-state index in [1.54, 1.807) is 28.8 Å². The summed E-state index contributed by atoms with van der Waals surface area (Å²) in [4.78, 5) is 29.7. The van der Waals surface area contributed by atoms with Crippen molar-refractivity contribution in [1.82, 2.24) is 4.31 Å². The molecule has 5 rings (SSSR count). The molecule has 1 fully saturated rings. The molecule has 0 aliphatic carbocycles. The van der Waals surface area contributed by atoms with Crippen molar-refractivity contribution in [2.45, 2.75) is 39.7 Å². The van der Waals surface area contributed by atoms with E-state index in [0.717, 1.165) is 51.8 Å². The summed E-state index contributed by atoms with van der Waals surface area (Å²) >= 11 is 2.67. The van der Waals surface area contributed by atoms with Crippen LogP contribution in [0, 0.1) is 0 Å². The van der Waals surface area contributed by atoms with Crippen LogP contribution in [0.25, 0.3) is 0 Å². The van der Waals surface area contributed by atoms with Crippen molar-refractivity contribution in [3.63, 3.8) is 0 Å². The molecular formula is C25H24N2O5S3. The van der Waals surface area contributed by atoms with Gasteiger partial charge < -0.3 is 4.74 Å². The number of hydrogen-bond acceptors (Lipinski definition) is 7. The van der Waals surface area contributed by atoms with E-state index in [1.165, 1.54) is 4.31 Å². The van der Waals surface area contributed by atoms with Crippen LogP contribution >= 0.6 is 23.1 Å². The first-order chi connectivity index (χ1) is 16.9. The number of benzene rings is 2. The van der Waals surface area contributed by atoms with Crippen molar-refractivity contribution in [2.24, 2.45) is 0 Å². The van der Waals surface area contributed by atoms with Gasteiger partial charge in [0.15, 0.2) is 6.61 Å². The highest BCUT2D eigenvalue weighted by molar-refractivity contribution is 7.99. The Morgan fingerprint density at radius 3 is 2.14 bits per heavy atom. The standard InChI is InChI=1S/C25H24N2O5S3/c28-23(27-19-8-2-4-10-21(19)34-22-11-5-3-9-20(22)27)17-32-24(29)16-18-12-13-25(33-18)35(30,31)26-14-6-1-7-15-26/h2-5,8-13H,1,6-7,14-17H2. The van der Waals surface area contributed by atoms with Gasteiger partial charge >= 0.3 is 5.97 Å². The minimum Gasteiger partial charge on any atom is -0.455 e. The zero-order valence-electron chi connectivity index (χ0n) is 18.9. The van der Waals surface area contributed by atoms with E-state index in [2.05, 4.69) is 0 Å². The number of fused-ring (bicyclic) bond motifs is 2. The highest BCUT2D eigenvalue weighted by Gasteiger charge is 2.29. The first-order valence-electron chi connectivity index (χ1n) is 11.4. The van der Waals surface area contributed by atoms with Gasteiger partial charge in [0.05, 0.1) is 17.8 Å². The second-order valence-corrected chi connectivity index (χ2v) is 12.7. The number of carbonyl (C=O) groups excluding carboxylic acids is 2. The maximum Gasteiger partial charge on any atom is 0.311 e. The van der Waals surface area contributed by atoms with Gasteiger partial charge in [-0.2, -0.15) is 4.31 Å². The zero-order chi connectivity index (χ0) is 24.4. The summed E-state index contributed by atoms with van der Waals surface area (Å²) in [5, 5.41) is 0. The van der Waals surface area contributed by atoms with Gasteiger partial charge in [0.2, 0.25) is 0 Å². The molecule has 0 bridgehead atoms. The molecule has 7 nitrogen and oxygen atoms in total. The van der Waals surface area contributed by atoms with Gasteiger partial charge in [-0.05, 0) is 49.2 Å². The van der Waals surface area contributed by atoms with Crippen LogP contribution in [-0.2, 0) is 30.8 Å². The molecule has 0 N–H and O–H groups in total. The van der Waals surface area contributed by atoms with E-state index in [-0.39, 0.29) is 16.5 Å². The van der Waals surface area contributed by atoms with Gasteiger partial charge in [-0.3, -0.25) is 14.5 Å². The van der Waals surface area contributed by atoms with Crippen molar-refractivity contribution in [1.29, 1.82) is 0 Å². The molecule has 0 radical (unpaired) electrons. The summed E-state index contributed by atoms with van der Waals surface area (Å²) in [7, 11) is -3.54. The quantitative estimate of drug-likeness (QED) is 0.426. The predicted molar refractivity (Wildman–Crippen MR) is 136 cm³/mol. The van der Waals surface area contributed by atoms with E-state index in [1.807, 2.05) is 48.5 Å². The van der Waals surface area contributed by atoms with Gasteiger partial charge in [0.1, 0.15) is 4.21 Å². The summed E-state index contributed by atoms with van der Waals surface area (Å²) in [5.74, 6) is -0.923. The van der Waals surface area contributed by atoms with Crippen molar-refractivity contribution >= 4 is 56.4 Å². The number of para-hydroxylation sites is 2. The highest BCUT2D eigenvalue weighted by atomic mass is 32.2. The Kier molecular flexibility index (Phi) is 6.97. The van der Waals surface area contributed by atoms with Crippen molar-refractivity contribution < 1.29 is 22.7 Å². The summed E-state index contributed by atoms with van der Waals surface area (Å²) in [6, 6.07) is 18.4. The Balaban J connectivity index is 1.24. The van der Waals surface area contributed by atoms with Gasteiger partial charge in [0, 0.05) is 27.8 Å². The number of sulfonamides is 1. The van der Waals surface area contributed by atoms with Crippen LogP contribution in [0.4, 0.5) is 11.4 Å². The lowest BCUT2D eigenvalue weighted by molar-refractivity contribution is -0.146. The Hall–Kier alpha value is -2.66. The maximum atomic E-state index is 13.1. The van der Waals surface area contributed by atoms with Crippen molar-refractivity contribution in [3.05, 3.63) is 65.5 Å². The van der Waals surface area contributed by atoms with E-state index in [9.17, 15) is 18.0 Å². The van der Waals surface area contributed by atoms with Gasteiger partial charge in [0.25, 0.3) is 15.9 Å². The Morgan fingerprint density at radius 2 is 1.49 bits per heavy atom. The number of rotatable bonds is 6. The Labute approximate surface area is 212 Å². The summed E-state index contributed by atoms with van der Waals surface area (Å²) in [6.45, 7) is 0.651. The molecule has 1 amide bonds. The second-order valence-electron chi connectivity index (χ2n) is 8.29. The van der Waals surface area contributed by atoms with Gasteiger partial charge in [-0.25, -0.2) is 8.42 Å². The summed E-state index contributed by atoms with van der Waals surface area (Å²) < 4.78 is 32.7. The molecule has 3 aromatic rings. The number of piperidine rings is 1. The van der Waals surface area contributed by atoms with Crippen LogP contribution in [0.1, 0.15) is 24.1 Å². The molecule has 182 valence electrons. The number of carbonyl (C=O) groups is 2. The number of ether oxygens (including phenoxy) is 1. The van der Waals surface area contributed by atoms with Gasteiger partial charge in [-0.1, -0.05) is 42.4 Å². The largest absolute Gasteiger partial charge is 0.455 e. The topological polar surface area (TPSA) is 84.0 Å². The molecule has 3 heterocycles. The Bertz CT molecular complexity index is 1320. The Morgan fingerprint density at radius 1 is 0.857 bits per heavy atom. The lowest BCUT2D eigenvalue weighted by Gasteiger charge is -2.30. The lowest BCUT2D eigenvalue weighted by atomic mass is 10.2. The van der Waals surface area contributed by atoms with Crippen LogP contribution in [0.3, 0.4) is 0 Å². The number of esters is 1. The molecule has 0 unspecified atom stereocenters. The number of amides is 1. The van der Waals surface area contributed by atoms with Crippen LogP contribution in [0.5, 0.6) is 0 Å². The minimum atomic E-state index is -3.54. The summed E-state index contributed by atoms with van der Waals surface area (Å²) in [6.07, 6.45) is 2.68. The number of anilines is 2. The average molecular weight is 529 g/mol. The molecular weight excluding hydrogens is 504 g/mol. The normalized spacial score (nSPS) is 15.8. The molecule has 35 heavy (non-hydrogen) atoms. The molecule has 0 atom stereocenters. The van der Waals surface area contributed by atoms with Gasteiger partial charge in [-0.15, -0.1) is 11.3 Å². The fourth-order valence-electron chi connectivity index (χ4n) is 4.20. The molecule has 0 spiro atoms. The smallest absolute Gasteiger partial charge is 0.311 e. The number of thiophene rings is 1. The lowest BCUT2D eigenvalue weighted by Crippen LogP contribution is -2.35. The molecule has 1 saturated heterocycles. The summed E-state index contributed by atoms with van der Waals surface area (Å²) in [5.41, 5.74) is 1.51. The average Bonchev–Trinajstić information content (AvgIpc) is 3.35. The third-order valence-corrected chi connectivity index (χ3v) is 10.5. The highest BCUT2D eigenvalue weighted by Crippen LogP contribution is 2.47. The monoisotopic (exact) mass is 528 g/mol. The van der Waals surface area contributed by atoms with E-state index < -0.39 is 22.6 Å². The molecule has 2 aromatic carbocycles. The number of hydrogen-bond donors (Lipinski definition) is 0. The zero-order valence-corrected chi connectivity index (χ0v) is 21.3. The first-order valence-corrected chi connectivity index (χ1v) is 14.4. The van der Waals surface area contributed by atoms with Crippen LogP contribution in [0.2, 0.25) is 0 Å². The predicted octanol–water partition coefficient (Wildman–Crippen LogP) is 4.84. The molecule has 10 heteroatoms. The number of nitrogens with zero attached hydrogens (tertiary/aromatic N) is 2. The molecule has 2 aliphatic rings. The fourth-order valence-corrected chi connectivity index (χ4v) is 8.27. The third-order valence-electron chi connectivity index (χ3n) is 5.90. The maximum absolute atomic E-state index is 13.1. The first kappa shape index (κ1) is 24.1. The van der Waals surface area contributed by atoms with E-state index in [4.69, 9.17) is 4.74 Å². The van der Waals surface area contributed by atoms with Crippen LogP contribution in [0.15, 0.2) is 74.7 Å².